The van der Waals surface area contributed by atoms with E-state index in [1.807, 2.05) is 42.5 Å². The molecule has 2 N–H and O–H groups in total. The monoisotopic (exact) mass is 398 g/mol. The van der Waals surface area contributed by atoms with Gasteiger partial charge in [-0.15, -0.1) is 0 Å². The number of para-hydroxylation sites is 1. The van der Waals surface area contributed by atoms with Crippen LogP contribution in [0.25, 0.3) is 10.9 Å². The standard InChI is InChI=1S/C19H15BrN2O3/c20-15-7-3-1-5-12(15)11-17(19(24)25)22-18(23)14-9-10-21-16-8-4-2-6-13(14)16/h1-10,17H,11H2,(H,22,23)(H,24,25)/t17-/m1/s1. The zero-order valence-electron chi connectivity index (χ0n) is 13.1. The summed E-state index contributed by atoms with van der Waals surface area (Å²) < 4.78 is 0.810. The summed E-state index contributed by atoms with van der Waals surface area (Å²) >= 11 is 3.40. The summed E-state index contributed by atoms with van der Waals surface area (Å²) in [6.07, 6.45) is 1.73. The van der Waals surface area contributed by atoms with Crippen LogP contribution in [0, 0.1) is 0 Å². The molecule has 0 spiro atoms. The fraction of sp³-hybridized carbons (Fsp3) is 0.105. The van der Waals surface area contributed by atoms with Crippen LogP contribution < -0.4 is 5.32 Å². The summed E-state index contributed by atoms with van der Waals surface area (Å²) in [6, 6.07) is 15.2. The van der Waals surface area contributed by atoms with Gasteiger partial charge in [0.15, 0.2) is 0 Å². The molecule has 3 aromatic rings. The SMILES string of the molecule is O=C(N[C@H](Cc1ccccc1Br)C(=O)O)c1ccnc2ccccc12. The van der Waals surface area contributed by atoms with Crippen molar-refractivity contribution >= 4 is 38.7 Å². The lowest BCUT2D eigenvalue weighted by Crippen LogP contribution is -2.42. The molecule has 0 fully saturated rings. The first kappa shape index (κ1) is 17.1. The predicted molar refractivity (Wildman–Crippen MR) is 98.5 cm³/mol. The Bertz CT molecular complexity index is 937. The van der Waals surface area contributed by atoms with Gasteiger partial charge in [0.1, 0.15) is 6.04 Å². The molecule has 0 saturated heterocycles. The van der Waals surface area contributed by atoms with Crippen molar-refractivity contribution in [2.75, 3.05) is 0 Å². The Morgan fingerprint density at radius 2 is 1.80 bits per heavy atom. The second-order valence-corrected chi connectivity index (χ2v) is 6.39. The molecule has 0 saturated carbocycles. The molecule has 1 atom stereocenters. The van der Waals surface area contributed by atoms with Crippen LogP contribution in [0.4, 0.5) is 0 Å². The number of carboxylic acids is 1. The molecule has 1 amide bonds. The molecule has 0 aliphatic carbocycles. The molecule has 6 heteroatoms. The van der Waals surface area contributed by atoms with E-state index in [4.69, 9.17) is 0 Å². The first-order chi connectivity index (χ1) is 12.1. The highest BCUT2D eigenvalue weighted by molar-refractivity contribution is 9.10. The third-order valence-electron chi connectivity index (χ3n) is 3.88. The topological polar surface area (TPSA) is 79.3 Å². The minimum atomic E-state index is -1.08. The van der Waals surface area contributed by atoms with Crippen molar-refractivity contribution in [1.29, 1.82) is 0 Å². The molecule has 25 heavy (non-hydrogen) atoms. The molecule has 0 aliphatic rings. The smallest absolute Gasteiger partial charge is 0.326 e. The van der Waals surface area contributed by atoms with E-state index in [-0.39, 0.29) is 6.42 Å². The van der Waals surface area contributed by atoms with Gasteiger partial charge in [-0.25, -0.2) is 4.79 Å². The minimum Gasteiger partial charge on any atom is -0.480 e. The first-order valence-electron chi connectivity index (χ1n) is 7.67. The van der Waals surface area contributed by atoms with Crippen molar-refractivity contribution in [2.24, 2.45) is 0 Å². The maximum atomic E-state index is 12.6. The molecular formula is C19H15BrN2O3. The van der Waals surface area contributed by atoms with E-state index in [0.29, 0.717) is 16.5 Å². The number of carbonyl (C=O) groups is 2. The van der Waals surface area contributed by atoms with Crippen molar-refractivity contribution in [3.8, 4) is 0 Å². The molecule has 0 bridgehead atoms. The summed E-state index contributed by atoms with van der Waals surface area (Å²) in [5.41, 5.74) is 1.91. The van der Waals surface area contributed by atoms with Crippen LogP contribution in [0.3, 0.4) is 0 Å². The van der Waals surface area contributed by atoms with Crippen LogP contribution in [-0.2, 0) is 11.2 Å². The van der Waals surface area contributed by atoms with Gasteiger partial charge >= 0.3 is 5.97 Å². The number of pyridine rings is 1. The molecule has 0 unspecified atom stereocenters. The lowest BCUT2D eigenvalue weighted by atomic mass is 10.0. The lowest BCUT2D eigenvalue weighted by Gasteiger charge is -2.16. The van der Waals surface area contributed by atoms with E-state index in [1.165, 1.54) is 0 Å². The number of amides is 1. The summed E-state index contributed by atoms with van der Waals surface area (Å²) in [4.78, 5) is 28.5. The number of hydrogen-bond donors (Lipinski definition) is 2. The molecule has 3 rings (SSSR count). The maximum absolute atomic E-state index is 12.6. The van der Waals surface area contributed by atoms with Crippen LogP contribution >= 0.6 is 15.9 Å². The van der Waals surface area contributed by atoms with E-state index in [0.717, 1.165) is 10.0 Å². The molecule has 0 radical (unpaired) electrons. The number of halogens is 1. The Morgan fingerprint density at radius 3 is 2.56 bits per heavy atom. The van der Waals surface area contributed by atoms with Crippen LogP contribution in [0.1, 0.15) is 15.9 Å². The number of nitrogens with zero attached hydrogens (tertiary/aromatic N) is 1. The number of aliphatic carboxylic acids is 1. The number of nitrogens with one attached hydrogen (secondary N) is 1. The third kappa shape index (κ3) is 3.85. The van der Waals surface area contributed by atoms with Gasteiger partial charge in [0.05, 0.1) is 11.1 Å². The van der Waals surface area contributed by atoms with Gasteiger partial charge in [-0.3, -0.25) is 9.78 Å². The van der Waals surface area contributed by atoms with Crippen molar-refractivity contribution in [1.82, 2.24) is 10.3 Å². The van der Waals surface area contributed by atoms with E-state index < -0.39 is 17.9 Å². The summed E-state index contributed by atoms with van der Waals surface area (Å²) in [5, 5.41) is 12.8. The Kier molecular flexibility index (Phi) is 5.09. The number of hydrogen-bond acceptors (Lipinski definition) is 3. The van der Waals surface area contributed by atoms with Gasteiger partial charge in [0, 0.05) is 22.5 Å². The highest BCUT2D eigenvalue weighted by Crippen LogP contribution is 2.19. The number of fused-ring (bicyclic) bond motifs is 1. The Morgan fingerprint density at radius 1 is 1.08 bits per heavy atom. The fourth-order valence-corrected chi connectivity index (χ4v) is 3.06. The van der Waals surface area contributed by atoms with Crippen molar-refractivity contribution in [3.63, 3.8) is 0 Å². The van der Waals surface area contributed by atoms with E-state index >= 15 is 0 Å². The molecule has 126 valence electrons. The zero-order valence-corrected chi connectivity index (χ0v) is 14.7. The number of carbonyl (C=O) groups excluding carboxylic acids is 1. The molecule has 2 aromatic carbocycles. The van der Waals surface area contributed by atoms with E-state index in [1.54, 1.807) is 18.3 Å². The number of benzene rings is 2. The fourth-order valence-electron chi connectivity index (χ4n) is 2.61. The molecule has 0 aliphatic heterocycles. The highest BCUT2D eigenvalue weighted by Gasteiger charge is 2.23. The van der Waals surface area contributed by atoms with Crippen molar-refractivity contribution in [2.45, 2.75) is 12.5 Å². The Hall–Kier alpha value is -2.73. The second-order valence-electron chi connectivity index (χ2n) is 5.54. The first-order valence-corrected chi connectivity index (χ1v) is 8.46. The zero-order chi connectivity index (χ0) is 17.8. The normalized spacial score (nSPS) is 11.9. The van der Waals surface area contributed by atoms with Gasteiger partial charge in [0.2, 0.25) is 0 Å². The quantitative estimate of drug-likeness (QED) is 0.689. The second kappa shape index (κ2) is 7.44. The number of rotatable bonds is 5. The highest BCUT2D eigenvalue weighted by atomic mass is 79.9. The lowest BCUT2D eigenvalue weighted by molar-refractivity contribution is -0.139. The van der Waals surface area contributed by atoms with Crippen molar-refractivity contribution in [3.05, 3.63) is 76.4 Å². The van der Waals surface area contributed by atoms with Gasteiger partial charge in [-0.05, 0) is 23.8 Å². The average Bonchev–Trinajstić information content (AvgIpc) is 2.62. The van der Waals surface area contributed by atoms with Crippen LogP contribution in [0.2, 0.25) is 0 Å². The van der Waals surface area contributed by atoms with Crippen LogP contribution in [-0.4, -0.2) is 28.0 Å². The van der Waals surface area contributed by atoms with Gasteiger partial charge in [-0.1, -0.05) is 52.3 Å². The Balaban J connectivity index is 1.86. The summed E-state index contributed by atoms with van der Waals surface area (Å²) in [7, 11) is 0. The molecular weight excluding hydrogens is 384 g/mol. The molecule has 5 nitrogen and oxygen atoms in total. The number of carboxylic acid groups (broad SMARTS) is 1. The number of aromatic nitrogens is 1. The van der Waals surface area contributed by atoms with Gasteiger partial charge in [-0.2, -0.15) is 0 Å². The largest absolute Gasteiger partial charge is 0.480 e. The van der Waals surface area contributed by atoms with E-state index in [9.17, 15) is 14.7 Å². The van der Waals surface area contributed by atoms with Crippen LogP contribution in [0.5, 0.6) is 0 Å². The summed E-state index contributed by atoms with van der Waals surface area (Å²) in [6.45, 7) is 0. The Labute approximate surface area is 152 Å². The van der Waals surface area contributed by atoms with Gasteiger partial charge < -0.3 is 10.4 Å². The minimum absolute atomic E-state index is 0.186. The third-order valence-corrected chi connectivity index (χ3v) is 4.65. The summed E-state index contributed by atoms with van der Waals surface area (Å²) in [5.74, 6) is -1.51. The molecule has 1 aromatic heterocycles. The molecule has 1 heterocycles. The van der Waals surface area contributed by atoms with E-state index in [2.05, 4.69) is 26.2 Å². The van der Waals surface area contributed by atoms with Crippen LogP contribution in [0.15, 0.2) is 65.3 Å². The van der Waals surface area contributed by atoms with Gasteiger partial charge in [0.25, 0.3) is 5.91 Å². The average molecular weight is 399 g/mol. The van der Waals surface area contributed by atoms with Crippen molar-refractivity contribution < 1.29 is 14.7 Å². The predicted octanol–water partition coefficient (Wildman–Crippen LogP) is 3.42. The maximum Gasteiger partial charge on any atom is 0.326 e.